The van der Waals surface area contributed by atoms with Crippen LogP contribution in [0.1, 0.15) is 95.9 Å². The zero-order chi connectivity index (χ0) is 31.6. The second-order valence-corrected chi connectivity index (χ2v) is 25.6. The molecule has 1 unspecified atom stereocenters. The first kappa shape index (κ1) is 36.8. The van der Waals surface area contributed by atoms with E-state index in [1.807, 2.05) is 0 Å². The van der Waals surface area contributed by atoms with Gasteiger partial charge in [0, 0.05) is 19.1 Å². The van der Waals surface area contributed by atoms with Gasteiger partial charge in [-0.2, -0.15) is 0 Å². The normalized spacial score (nSPS) is 26.1. The molecular weight excluding hydrogens is 623 g/mol. The second-order valence-electron chi connectivity index (χ2n) is 13.6. The molecule has 1 aliphatic carbocycles. The molecule has 0 N–H and O–H groups in total. The van der Waals surface area contributed by atoms with Crippen molar-refractivity contribution >= 4 is 38.5 Å². The van der Waals surface area contributed by atoms with Crippen molar-refractivity contribution in [1.82, 2.24) is 0 Å². The molecule has 1 saturated heterocycles. The Morgan fingerprint density at radius 2 is 1.44 bits per heavy atom. The van der Waals surface area contributed by atoms with Gasteiger partial charge in [-0.25, -0.2) is 9.18 Å². The summed E-state index contributed by atoms with van der Waals surface area (Å²) in [4.78, 5) is 13.3. The minimum atomic E-state index is -2.70. The van der Waals surface area contributed by atoms with Crippen molar-refractivity contribution in [2.24, 2.45) is 0 Å². The van der Waals surface area contributed by atoms with Gasteiger partial charge in [-0.1, -0.05) is 83.1 Å². The summed E-state index contributed by atoms with van der Waals surface area (Å²) in [5.41, 5.74) is 2.00. The third kappa shape index (κ3) is 6.99. The first-order chi connectivity index (χ1) is 18.9. The minimum absolute atomic E-state index is 0.0786. The van der Waals surface area contributed by atoms with Crippen LogP contribution in [0.2, 0.25) is 33.2 Å². The van der Waals surface area contributed by atoms with Gasteiger partial charge in [0.05, 0.1) is 18.8 Å². The number of carbonyl (C=O) groups excluding carboxylic acids is 1. The lowest BCUT2D eigenvalue weighted by molar-refractivity contribution is -0.189. The molecule has 0 aromatic carbocycles. The Labute approximate surface area is 259 Å². The molecule has 0 amide bonds. The van der Waals surface area contributed by atoms with E-state index in [0.29, 0.717) is 35.2 Å². The molecule has 1 aliphatic heterocycles. The number of carbonyl (C=O) groups is 1. The summed E-state index contributed by atoms with van der Waals surface area (Å²) >= 11 is 3.35. The van der Waals surface area contributed by atoms with Crippen LogP contribution < -0.4 is 0 Å². The smallest absolute Gasteiger partial charge is 0.340 e. The maximum absolute atomic E-state index is 17.3. The van der Waals surface area contributed by atoms with E-state index in [4.69, 9.17) is 23.1 Å². The van der Waals surface area contributed by atoms with Crippen molar-refractivity contribution in [1.29, 1.82) is 0 Å². The summed E-state index contributed by atoms with van der Waals surface area (Å²) in [6.07, 6.45) is 3.71. The molecule has 41 heavy (non-hydrogen) atoms. The zero-order valence-corrected chi connectivity index (χ0v) is 31.3. The summed E-state index contributed by atoms with van der Waals surface area (Å²) in [5, 5.41) is 0. The van der Waals surface area contributed by atoms with Gasteiger partial charge < -0.3 is 23.1 Å². The molecule has 0 aromatic rings. The number of alkyl halides is 2. The maximum Gasteiger partial charge on any atom is 0.340 e. The summed E-state index contributed by atoms with van der Waals surface area (Å²) in [6, 6.07) is 0. The summed E-state index contributed by atoms with van der Waals surface area (Å²) < 4.78 is 46.4. The van der Waals surface area contributed by atoms with Gasteiger partial charge in [0.25, 0.3) is 0 Å². The summed E-state index contributed by atoms with van der Waals surface area (Å²) in [7, 11) is -3.60. The number of methoxy groups -OCH3 is 1. The summed E-state index contributed by atoms with van der Waals surface area (Å²) in [5.74, 6) is -2.47. The Bertz CT molecular complexity index is 913. The molecule has 3 atom stereocenters. The van der Waals surface area contributed by atoms with Gasteiger partial charge in [-0.05, 0) is 67.7 Å². The number of rotatable bonds is 14. The van der Waals surface area contributed by atoms with Crippen molar-refractivity contribution in [2.75, 3.05) is 20.3 Å². The maximum atomic E-state index is 17.3. The van der Waals surface area contributed by atoms with Crippen LogP contribution in [-0.2, 0) is 27.9 Å². The van der Waals surface area contributed by atoms with Crippen LogP contribution in [0, 0.1) is 0 Å². The first-order valence-corrected chi connectivity index (χ1v) is 20.5. The quantitative estimate of drug-likeness (QED) is 0.0790. The van der Waals surface area contributed by atoms with Crippen molar-refractivity contribution in [3.05, 3.63) is 23.3 Å². The lowest BCUT2D eigenvalue weighted by Crippen LogP contribution is -2.63. The molecule has 6 nitrogen and oxygen atoms in total. The third-order valence-corrected chi connectivity index (χ3v) is 22.3. The van der Waals surface area contributed by atoms with Crippen molar-refractivity contribution in [3.63, 3.8) is 0 Å². The molecule has 0 saturated carbocycles. The van der Waals surface area contributed by atoms with Crippen molar-refractivity contribution in [3.8, 4) is 0 Å². The predicted octanol–water partition coefficient (Wildman–Crippen LogP) is 9.32. The highest BCUT2D eigenvalue weighted by Gasteiger charge is 2.63. The van der Waals surface area contributed by atoms with Gasteiger partial charge in [0.1, 0.15) is 0 Å². The fourth-order valence-corrected chi connectivity index (χ4v) is 19.5. The average Bonchev–Trinajstić information content (AvgIpc) is 3.35. The van der Waals surface area contributed by atoms with Crippen LogP contribution in [0.3, 0.4) is 0 Å². The van der Waals surface area contributed by atoms with Crippen LogP contribution in [0.4, 0.5) is 4.39 Å². The fraction of sp³-hybridized carbons (Fsp3) is 0.839. The molecule has 1 fully saturated rings. The Hall–Kier alpha value is -0.366. The molecule has 2 rings (SSSR count). The van der Waals surface area contributed by atoms with Crippen LogP contribution in [0.5, 0.6) is 0 Å². The molecule has 0 radical (unpaired) electrons. The monoisotopic (exact) mass is 678 g/mol. The SMILES string of the molecule is CO[C@@]1(O[Si](C(C)C)(C(C)C)C(C)C)C(CO[Si](C(C)C)(C(C)C)C(C)C)=CC(C(=O)OC2CCCO2)=C[C@]1(F)Br. The number of esters is 1. The van der Waals surface area contributed by atoms with Crippen LogP contribution in [0.25, 0.3) is 0 Å². The minimum Gasteiger partial charge on any atom is -0.432 e. The Balaban J connectivity index is 2.74. The van der Waals surface area contributed by atoms with E-state index in [1.54, 1.807) is 6.08 Å². The van der Waals surface area contributed by atoms with E-state index in [1.165, 1.54) is 13.2 Å². The third-order valence-electron chi connectivity index (χ3n) is 9.39. The Morgan fingerprint density at radius 3 is 1.83 bits per heavy atom. The molecule has 0 spiro atoms. The van der Waals surface area contributed by atoms with E-state index in [2.05, 4.69) is 99.0 Å². The van der Waals surface area contributed by atoms with Crippen LogP contribution in [0.15, 0.2) is 23.3 Å². The van der Waals surface area contributed by atoms with E-state index in [-0.39, 0.29) is 28.8 Å². The lowest BCUT2D eigenvalue weighted by Gasteiger charge is -2.53. The van der Waals surface area contributed by atoms with Gasteiger partial charge >= 0.3 is 5.97 Å². The highest BCUT2D eigenvalue weighted by molar-refractivity contribution is 9.10. The molecule has 0 bridgehead atoms. The van der Waals surface area contributed by atoms with Gasteiger partial charge in [0.15, 0.2) is 0 Å². The Kier molecular flexibility index (Phi) is 12.7. The lowest BCUT2D eigenvalue weighted by atomic mass is 9.92. The van der Waals surface area contributed by atoms with E-state index in [0.717, 1.165) is 6.42 Å². The zero-order valence-electron chi connectivity index (χ0n) is 27.7. The predicted molar refractivity (Wildman–Crippen MR) is 173 cm³/mol. The molecular formula is C31H56BrFO6Si2. The molecule has 238 valence electrons. The van der Waals surface area contributed by atoms with Gasteiger partial charge in [-0.3, -0.25) is 0 Å². The van der Waals surface area contributed by atoms with Crippen molar-refractivity contribution in [2.45, 2.75) is 146 Å². The van der Waals surface area contributed by atoms with E-state index in [9.17, 15) is 4.79 Å². The molecule has 10 heteroatoms. The van der Waals surface area contributed by atoms with E-state index >= 15 is 4.39 Å². The first-order valence-electron chi connectivity index (χ1n) is 15.4. The molecule has 0 aromatic heterocycles. The van der Waals surface area contributed by atoms with E-state index < -0.39 is 39.3 Å². The second kappa shape index (κ2) is 14.2. The van der Waals surface area contributed by atoms with Gasteiger partial charge in [0.2, 0.25) is 33.3 Å². The Morgan fingerprint density at radius 1 is 0.951 bits per heavy atom. The van der Waals surface area contributed by atoms with Gasteiger partial charge in [-0.15, -0.1) is 0 Å². The summed E-state index contributed by atoms with van der Waals surface area (Å²) in [6.45, 7) is 26.8. The molecule has 2 aliphatic rings. The number of hydrogen-bond acceptors (Lipinski definition) is 6. The van der Waals surface area contributed by atoms with Crippen LogP contribution >= 0.6 is 15.9 Å². The van der Waals surface area contributed by atoms with Crippen molar-refractivity contribution < 1.29 is 32.2 Å². The highest BCUT2D eigenvalue weighted by Crippen LogP contribution is 2.54. The average molecular weight is 680 g/mol. The standard InChI is InChI=1S/C31H56BrFO6Si2/c1-20(2)40(21(3)4,22(5)6)37-19-27-17-26(29(34)38-28-15-14-16-36-28)18-30(32,33)31(27,35-13)39-41(23(7)8,24(9)10)25(11)12/h17-18,20-25,28H,14-16,19H2,1-13H3/t28?,30-,31-/m1/s1. The highest BCUT2D eigenvalue weighted by atomic mass is 79.9. The number of ether oxygens (including phenoxy) is 3. The molecule has 1 heterocycles. The fourth-order valence-electron chi connectivity index (χ4n) is 7.66. The topological polar surface area (TPSA) is 63.2 Å². The number of hydrogen-bond donors (Lipinski definition) is 0. The largest absolute Gasteiger partial charge is 0.432 e. The number of halogens is 2. The van der Waals surface area contributed by atoms with Crippen LogP contribution in [-0.4, -0.2) is 59.6 Å².